The summed E-state index contributed by atoms with van der Waals surface area (Å²) in [7, 11) is 2.93. The Hall–Kier alpha value is -1.96. The molecule has 6 nitrogen and oxygen atoms in total. The van der Waals surface area contributed by atoms with Crippen LogP contribution in [0, 0.1) is 5.82 Å². The van der Waals surface area contributed by atoms with Crippen molar-refractivity contribution in [1.29, 1.82) is 0 Å². The number of methoxy groups -OCH3 is 2. The third-order valence-electron chi connectivity index (χ3n) is 2.86. The van der Waals surface area contributed by atoms with E-state index in [0.29, 0.717) is 17.1 Å². The zero-order valence-corrected chi connectivity index (χ0v) is 12.2. The largest absolute Gasteiger partial charge is 0.480 e. The van der Waals surface area contributed by atoms with E-state index in [4.69, 9.17) is 26.9 Å². The number of nitrogens with two attached hydrogens (primary N) is 1. The van der Waals surface area contributed by atoms with Crippen LogP contribution >= 0.6 is 11.6 Å². The first-order chi connectivity index (χ1) is 10.1. The van der Waals surface area contributed by atoms with Gasteiger partial charge in [-0.2, -0.15) is 4.98 Å². The lowest BCUT2D eigenvalue weighted by Gasteiger charge is -2.18. The summed E-state index contributed by atoms with van der Waals surface area (Å²) in [6.07, 6.45) is 1.44. The van der Waals surface area contributed by atoms with Crippen molar-refractivity contribution in [2.45, 2.75) is 6.04 Å². The minimum absolute atomic E-state index is 0.00631. The Kier molecular flexibility index (Phi) is 4.89. The Bertz CT molecular complexity index is 642. The van der Waals surface area contributed by atoms with Gasteiger partial charge in [0.1, 0.15) is 11.5 Å². The molecule has 0 aliphatic carbocycles. The van der Waals surface area contributed by atoms with Crippen LogP contribution in [0.2, 0.25) is 5.02 Å². The zero-order valence-electron chi connectivity index (χ0n) is 11.4. The fraction of sp³-hybridized carbons (Fsp3) is 0.231. The molecule has 0 saturated carbocycles. The quantitative estimate of drug-likeness (QED) is 0.647. The van der Waals surface area contributed by atoms with Gasteiger partial charge in [-0.3, -0.25) is 5.84 Å². The van der Waals surface area contributed by atoms with Gasteiger partial charge in [-0.15, -0.1) is 0 Å². The van der Waals surface area contributed by atoms with E-state index in [1.165, 1.54) is 32.5 Å². The van der Waals surface area contributed by atoms with E-state index in [-0.39, 0.29) is 10.9 Å². The number of nitrogens with zero attached hydrogens (tertiary/aromatic N) is 2. The summed E-state index contributed by atoms with van der Waals surface area (Å²) in [5.74, 6) is 5.62. The fourth-order valence-corrected chi connectivity index (χ4v) is 2.03. The second-order valence-electron chi connectivity index (χ2n) is 4.08. The van der Waals surface area contributed by atoms with Crippen LogP contribution in [-0.4, -0.2) is 24.2 Å². The number of hydrogen-bond donors (Lipinski definition) is 2. The SMILES string of the molecule is COc1cnc(C(NN)c2ccc(F)c(Cl)c2)c(OC)n1. The van der Waals surface area contributed by atoms with Gasteiger partial charge in [-0.05, 0) is 17.7 Å². The molecule has 0 saturated heterocycles. The molecule has 1 heterocycles. The summed E-state index contributed by atoms with van der Waals surface area (Å²) in [6.45, 7) is 0. The molecule has 1 atom stereocenters. The van der Waals surface area contributed by atoms with Crippen molar-refractivity contribution in [3.8, 4) is 11.8 Å². The third kappa shape index (κ3) is 3.21. The third-order valence-corrected chi connectivity index (χ3v) is 3.15. The number of nitrogens with one attached hydrogen (secondary N) is 1. The van der Waals surface area contributed by atoms with Gasteiger partial charge in [0.2, 0.25) is 11.8 Å². The van der Waals surface area contributed by atoms with E-state index in [1.54, 1.807) is 6.07 Å². The van der Waals surface area contributed by atoms with Crippen molar-refractivity contribution < 1.29 is 13.9 Å². The molecule has 21 heavy (non-hydrogen) atoms. The molecule has 1 aromatic heterocycles. The molecule has 2 aromatic rings. The minimum Gasteiger partial charge on any atom is -0.480 e. The first-order valence-corrected chi connectivity index (χ1v) is 6.34. The molecule has 0 spiro atoms. The molecule has 3 N–H and O–H groups in total. The molecule has 2 rings (SSSR count). The van der Waals surface area contributed by atoms with Gasteiger partial charge < -0.3 is 9.47 Å². The first-order valence-electron chi connectivity index (χ1n) is 5.96. The average molecular weight is 313 g/mol. The predicted octanol–water partition coefficient (Wildman–Crippen LogP) is 1.84. The van der Waals surface area contributed by atoms with Crippen LogP contribution in [0.5, 0.6) is 11.8 Å². The lowest BCUT2D eigenvalue weighted by Crippen LogP contribution is -2.30. The molecule has 0 fully saturated rings. The Labute approximate surface area is 126 Å². The van der Waals surface area contributed by atoms with E-state index in [2.05, 4.69) is 15.4 Å². The molecule has 0 aliphatic rings. The van der Waals surface area contributed by atoms with Gasteiger partial charge in [0, 0.05) is 0 Å². The summed E-state index contributed by atoms with van der Waals surface area (Å²) in [5.41, 5.74) is 3.65. The number of benzene rings is 1. The number of rotatable bonds is 5. The van der Waals surface area contributed by atoms with E-state index in [0.717, 1.165) is 0 Å². The lowest BCUT2D eigenvalue weighted by atomic mass is 10.0. The highest BCUT2D eigenvalue weighted by Crippen LogP contribution is 2.29. The monoisotopic (exact) mass is 312 g/mol. The summed E-state index contributed by atoms with van der Waals surface area (Å²) in [6, 6.07) is 3.71. The standard InChI is InChI=1S/C13H14ClFN4O2/c1-20-10-6-17-12(13(18-10)21-2)11(19-16)7-3-4-9(15)8(14)5-7/h3-6,11,19H,16H2,1-2H3. The van der Waals surface area contributed by atoms with Crippen molar-refractivity contribution in [1.82, 2.24) is 15.4 Å². The lowest BCUT2D eigenvalue weighted by molar-refractivity contribution is 0.352. The maximum Gasteiger partial charge on any atom is 0.240 e. The van der Waals surface area contributed by atoms with Gasteiger partial charge in [0.25, 0.3) is 0 Å². The van der Waals surface area contributed by atoms with E-state index < -0.39 is 11.9 Å². The highest BCUT2D eigenvalue weighted by molar-refractivity contribution is 6.30. The normalized spacial score (nSPS) is 12.0. The van der Waals surface area contributed by atoms with Crippen LogP contribution in [0.25, 0.3) is 0 Å². The molecule has 0 aliphatic heterocycles. The summed E-state index contributed by atoms with van der Waals surface area (Å²) >= 11 is 5.79. The molecule has 0 amide bonds. The second-order valence-corrected chi connectivity index (χ2v) is 4.49. The number of halogens is 2. The molecule has 0 radical (unpaired) electrons. The minimum atomic E-state index is -0.559. The zero-order chi connectivity index (χ0) is 15.4. The van der Waals surface area contributed by atoms with Crippen LogP contribution in [0.1, 0.15) is 17.3 Å². The molecule has 112 valence electrons. The number of aromatic nitrogens is 2. The second kappa shape index (κ2) is 6.66. The summed E-state index contributed by atoms with van der Waals surface area (Å²) in [4.78, 5) is 8.36. The number of hydrazine groups is 1. The topological polar surface area (TPSA) is 82.3 Å². The van der Waals surface area contributed by atoms with Crippen LogP contribution in [0.3, 0.4) is 0 Å². The molecule has 1 unspecified atom stereocenters. The van der Waals surface area contributed by atoms with Crippen molar-refractivity contribution in [2.24, 2.45) is 5.84 Å². The summed E-state index contributed by atoms with van der Waals surface area (Å²) in [5, 5.41) is -0.00631. The Morgan fingerprint density at radius 2 is 2.10 bits per heavy atom. The highest BCUT2D eigenvalue weighted by atomic mass is 35.5. The van der Waals surface area contributed by atoms with Crippen LogP contribution in [-0.2, 0) is 0 Å². The fourth-order valence-electron chi connectivity index (χ4n) is 1.84. The Morgan fingerprint density at radius 3 is 2.67 bits per heavy atom. The maximum atomic E-state index is 13.3. The van der Waals surface area contributed by atoms with Gasteiger partial charge >= 0.3 is 0 Å². The van der Waals surface area contributed by atoms with Gasteiger partial charge in [0.15, 0.2) is 0 Å². The van der Waals surface area contributed by atoms with Crippen LogP contribution in [0.4, 0.5) is 4.39 Å². The van der Waals surface area contributed by atoms with Crippen molar-refractivity contribution in [3.05, 3.63) is 46.5 Å². The van der Waals surface area contributed by atoms with Gasteiger partial charge in [-0.25, -0.2) is 14.8 Å². The Balaban J connectivity index is 2.47. The smallest absolute Gasteiger partial charge is 0.240 e. The predicted molar refractivity (Wildman–Crippen MR) is 75.7 cm³/mol. The first kappa shape index (κ1) is 15.4. The highest BCUT2D eigenvalue weighted by Gasteiger charge is 2.21. The average Bonchev–Trinajstić information content (AvgIpc) is 2.51. The van der Waals surface area contributed by atoms with Crippen molar-refractivity contribution >= 4 is 11.6 Å². The summed E-state index contributed by atoms with van der Waals surface area (Å²) < 4.78 is 23.4. The number of hydrogen-bond acceptors (Lipinski definition) is 6. The van der Waals surface area contributed by atoms with E-state index in [9.17, 15) is 4.39 Å². The van der Waals surface area contributed by atoms with Gasteiger partial charge in [0.05, 0.1) is 31.5 Å². The van der Waals surface area contributed by atoms with E-state index >= 15 is 0 Å². The molecular formula is C13H14ClFN4O2. The molecule has 1 aromatic carbocycles. The maximum absolute atomic E-state index is 13.3. The number of ether oxygens (including phenoxy) is 2. The van der Waals surface area contributed by atoms with Crippen molar-refractivity contribution in [2.75, 3.05) is 14.2 Å². The molecule has 0 bridgehead atoms. The van der Waals surface area contributed by atoms with Crippen LogP contribution < -0.4 is 20.7 Å². The van der Waals surface area contributed by atoms with Crippen molar-refractivity contribution in [3.63, 3.8) is 0 Å². The molecular weight excluding hydrogens is 299 g/mol. The van der Waals surface area contributed by atoms with Crippen LogP contribution in [0.15, 0.2) is 24.4 Å². The van der Waals surface area contributed by atoms with Gasteiger partial charge in [-0.1, -0.05) is 17.7 Å². The molecule has 8 heteroatoms. The Morgan fingerprint density at radius 1 is 1.33 bits per heavy atom. The van der Waals surface area contributed by atoms with E-state index in [1.807, 2.05) is 0 Å².